The maximum absolute atomic E-state index is 5.52. The smallest absolute Gasteiger partial charge is 0.229 e. The summed E-state index contributed by atoms with van der Waals surface area (Å²) in [5, 5.41) is 6.19. The predicted molar refractivity (Wildman–Crippen MR) is 107 cm³/mol. The van der Waals surface area contributed by atoms with Gasteiger partial charge in [0.1, 0.15) is 5.75 Å². The van der Waals surface area contributed by atoms with Gasteiger partial charge in [-0.05, 0) is 51.5 Å². The summed E-state index contributed by atoms with van der Waals surface area (Å²) in [7, 11) is 1.67. The molecule has 0 bridgehead atoms. The number of rotatable bonds is 3. The zero-order valence-corrected chi connectivity index (χ0v) is 15.9. The molecule has 8 heteroatoms. The van der Waals surface area contributed by atoms with Crippen LogP contribution in [0.3, 0.4) is 0 Å². The standard InChI is InChI=1S/C14H19NO.C4H8N6/c1-5-16-11-6-7-13-12(8-11)10(2)9-14(3,4)15-13;1-7-4-9-2(5)8-3(6)10-4/h6-9,15H,5H2,1-4H3;1H3,(H5,5,6,7,8,9,10). The summed E-state index contributed by atoms with van der Waals surface area (Å²) in [4.78, 5) is 11.0. The average molecular weight is 357 g/mol. The molecule has 0 saturated heterocycles. The third-order valence-electron chi connectivity index (χ3n) is 3.65. The Bertz CT molecular complexity index is 782. The van der Waals surface area contributed by atoms with Crippen molar-refractivity contribution in [2.24, 2.45) is 0 Å². The molecule has 0 fully saturated rings. The maximum atomic E-state index is 5.52. The third-order valence-corrected chi connectivity index (χ3v) is 3.65. The predicted octanol–water partition coefficient (Wildman–Crippen LogP) is 2.77. The molecule has 1 aromatic carbocycles. The minimum atomic E-state index is 0.0320. The molecule has 6 N–H and O–H groups in total. The van der Waals surface area contributed by atoms with Gasteiger partial charge in [0.2, 0.25) is 17.8 Å². The lowest BCUT2D eigenvalue weighted by atomic mass is 9.91. The van der Waals surface area contributed by atoms with Crippen molar-refractivity contribution in [1.29, 1.82) is 0 Å². The second kappa shape index (κ2) is 7.90. The van der Waals surface area contributed by atoms with Gasteiger partial charge in [-0.15, -0.1) is 0 Å². The van der Waals surface area contributed by atoms with Crippen LogP contribution in [0.15, 0.2) is 24.3 Å². The number of aromatic nitrogens is 3. The molecule has 2 heterocycles. The van der Waals surface area contributed by atoms with Gasteiger partial charge < -0.3 is 26.8 Å². The van der Waals surface area contributed by atoms with Gasteiger partial charge in [0.25, 0.3) is 0 Å². The number of benzene rings is 1. The van der Waals surface area contributed by atoms with Crippen LogP contribution in [0.4, 0.5) is 23.5 Å². The highest BCUT2D eigenvalue weighted by Crippen LogP contribution is 2.35. The summed E-state index contributed by atoms with van der Waals surface area (Å²) in [6, 6.07) is 6.22. The summed E-state index contributed by atoms with van der Waals surface area (Å²) in [5.41, 5.74) is 14.3. The van der Waals surface area contributed by atoms with Crippen molar-refractivity contribution in [1.82, 2.24) is 15.0 Å². The molecular formula is C18H27N7O. The van der Waals surface area contributed by atoms with Crippen LogP contribution in [-0.4, -0.2) is 34.1 Å². The van der Waals surface area contributed by atoms with E-state index >= 15 is 0 Å². The lowest BCUT2D eigenvalue weighted by Gasteiger charge is -2.31. The van der Waals surface area contributed by atoms with Crippen molar-refractivity contribution in [2.75, 3.05) is 35.8 Å². The fourth-order valence-electron chi connectivity index (χ4n) is 2.74. The lowest BCUT2D eigenvalue weighted by molar-refractivity contribution is 0.340. The van der Waals surface area contributed by atoms with Crippen molar-refractivity contribution >= 4 is 29.1 Å². The molecule has 8 nitrogen and oxygen atoms in total. The van der Waals surface area contributed by atoms with Crippen molar-refractivity contribution in [2.45, 2.75) is 33.2 Å². The molecule has 0 unspecified atom stereocenters. The van der Waals surface area contributed by atoms with Crippen LogP contribution in [0.1, 0.15) is 33.3 Å². The van der Waals surface area contributed by atoms with Gasteiger partial charge in [0.15, 0.2) is 0 Å². The molecular weight excluding hydrogens is 330 g/mol. The molecule has 0 aliphatic carbocycles. The van der Waals surface area contributed by atoms with Gasteiger partial charge in [-0.25, -0.2) is 0 Å². The van der Waals surface area contributed by atoms with Crippen LogP contribution < -0.4 is 26.8 Å². The number of ether oxygens (including phenoxy) is 1. The Labute approximate surface area is 154 Å². The topological polar surface area (TPSA) is 124 Å². The zero-order chi connectivity index (χ0) is 19.3. The quantitative estimate of drug-likeness (QED) is 0.661. The molecule has 0 amide bonds. The highest BCUT2D eigenvalue weighted by Gasteiger charge is 2.22. The van der Waals surface area contributed by atoms with Gasteiger partial charge in [0.05, 0.1) is 12.1 Å². The van der Waals surface area contributed by atoms with Crippen molar-refractivity contribution in [3.63, 3.8) is 0 Å². The maximum Gasteiger partial charge on any atom is 0.229 e. The van der Waals surface area contributed by atoms with Crippen LogP contribution in [0.25, 0.3) is 5.57 Å². The highest BCUT2D eigenvalue weighted by molar-refractivity contribution is 5.80. The van der Waals surface area contributed by atoms with E-state index in [1.807, 2.05) is 13.0 Å². The summed E-state index contributed by atoms with van der Waals surface area (Å²) in [6.45, 7) is 9.22. The molecule has 140 valence electrons. The van der Waals surface area contributed by atoms with Gasteiger partial charge in [-0.2, -0.15) is 15.0 Å². The molecule has 0 saturated carbocycles. The molecule has 1 aromatic heterocycles. The first-order valence-electron chi connectivity index (χ1n) is 8.43. The van der Waals surface area contributed by atoms with Crippen LogP contribution in [0.2, 0.25) is 0 Å². The molecule has 0 atom stereocenters. The van der Waals surface area contributed by atoms with E-state index in [0.29, 0.717) is 12.6 Å². The Morgan fingerprint density at radius 1 is 1.15 bits per heavy atom. The second-order valence-corrected chi connectivity index (χ2v) is 6.44. The summed E-state index contributed by atoms with van der Waals surface area (Å²) >= 11 is 0. The van der Waals surface area contributed by atoms with Gasteiger partial charge in [-0.3, -0.25) is 0 Å². The van der Waals surface area contributed by atoms with E-state index in [1.54, 1.807) is 7.05 Å². The fourth-order valence-corrected chi connectivity index (χ4v) is 2.74. The lowest BCUT2D eigenvalue weighted by Crippen LogP contribution is -2.31. The van der Waals surface area contributed by atoms with Crippen molar-refractivity contribution in [3.05, 3.63) is 29.8 Å². The van der Waals surface area contributed by atoms with E-state index in [2.05, 4.69) is 64.6 Å². The molecule has 1 aliphatic rings. The van der Waals surface area contributed by atoms with E-state index < -0.39 is 0 Å². The second-order valence-electron chi connectivity index (χ2n) is 6.44. The summed E-state index contributed by atoms with van der Waals surface area (Å²) in [5.74, 6) is 1.56. The van der Waals surface area contributed by atoms with Crippen molar-refractivity contribution in [3.8, 4) is 5.75 Å². The number of allylic oxidation sites excluding steroid dienone is 1. The largest absolute Gasteiger partial charge is 0.494 e. The SMILES string of the molecule is CCOc1ccc2c(c1)C(C)=CC(C)(C)N2.CNc1nc(N)nc(N)n1. The Balaban J connectivity index is 0.000000209. The van der Waals surface area contributed by atoms with E-state index in [0.717, 1.165) is 5.75 Å². The van der Waals surface area contributed by atoms with Crippen molar-refractivity contribution < 1.29 is 4.74 Å². The molecule has 2 aromatic rings. The summed E-state index contributed by atoms with van der Waals surface area (Å²) in [6.07, 6.45) is 2.26. The van der Waals surface area contributed by atoms with Crippen LogP contribution >= 0.6 is 0 Å². The zero-order valence-electron chi connectivity index (χ0n) is 15.9. The monoisotopic (exact) mass is 357 g/mol. The minimum Gasteiger partial charge on any atom is -0.494 e. The van der Waals surface area contributed by atoms with Gasteiger partial charge in [-0.1, -0.05) is 6.08 Å². The van der Waals surface area contributed by atoms with E-state index in [4.69, 9.17) is 16.2 Å². The molecule has 26 heavy (non-hydrogen) atoms. The Morgan fingerprint density at radius 3 is 2.38 bits per heavy atom. The average Bonchev–Trinajstić information content (AvgIpc) is 2.54. The van der Waals surface area contributed by atoms with E-state index in [-0.39, 0.29) is 17.4 Å². The van der Waals surface area contributed by atoms with E-state index in [1.165, 1.54) is 16.8 Å². The molecule has 1 aliphatic heterocycles. The molecule has 0 spiro atoms. The van der Waals surface area contributed by atoms with Crippen LogP contribution in [0, 0.1) is 0 Å². The van der Waals surface area contributed by atoms with Crippen LogP contribution in [0.5, 0.6) is 5.75 Å². The van der Waals surface area contributed by atoms with E-state index in [9.17, 15) is 0 Å². The Kier molecular flexibility index (Phi) is 5.86. The number of anilines is 4. The first kappa shape index (κ1) is 19.3. The number of nitrogens with one attached hydrogen (secondary N) is 2. The molecule has 0 radical (unpaired) electrons. The number of nitrogens with zero attached hydrogens (tertiary/aromatic N) is 3. The van der Waals surface area contributed by atoms with Gasteiger partial charge in [0, 0.05) is 18.3 Å². The Morgan fingerprint density at radius 2 is 1.81 bits per heavy atom. The highest BCUT2D eigenvalue weighted by atomic mass is 16.5. The Hall–Kier alpha value is -3.03. The summed E-state index contributed by atoms with van der Waals surface area (Å²) < 4.78 is 5.52. The first-order valence-corrected chi connectivity index (χ1v) is 8.43. The first-order chi connectivity index (χ1) is 12.2. The number of nitrogens with two attached hydrogens (primary N) is 2. The fraction of sp³-hybridized carbons (Fsp3) is 0.389. The van der Waals surface area contributed by atoms with Crippen LogP contribution in [-0.2, 0) is 0 Å². The molecule has 3 rings (SSSR count). The third kappa shape index (κ3) is 4.98. The normalized spacial score (nSPS) is 14.1. The van der Waals surface area contributed by atoms with Gasteiger partial charge >= 0.3 is 0 Å². The number of fused-ring (bicyclic) bond motifs is 1. The number of nitrogen functional groups attached to an aromatic ring is 2. The number of hydrogen-bond donors (Lipinski definition) is 4. The number of hydrogen-bond acceptors (Lipinski definition) is 8. The minimum absolute atomic E-state index is 0.0320.